The maximum Gasteiger partial charge on any atom is 0.306 e. The van der Waals surface area contributed by atoms with E-state index < -0.39 is 41.4 Å². The summed E-state index contributed by atoms with van der Waals surface area (Å²) in [6.07, 6.45) is 2.24. The molecule has 0 saturated heterocycles. The number of aliphatic hydroxyl groups excluding tert-OH is 2. The molecule has 4 aliphatic carbocycles. The number of fused-ring (bicyclic) bond motifs is 5. The zero-order valence-electron chi connectivity index (χ0n) is 17.6. The van der Waals surface area contributed by atoms with E-state index >= 15 is 0 Å². The van der Waals surface area contributed by atoms with Crippen molar-refractivity contribution in [3.05, 3.63) is 11.6 Å². The van der Waals surface area contributed by atoms with Gasteiger partial charge in [0.05, 0.1) is 12.5 Å². The number of hydrogen-bond acceptors (Lipinski definition) is 6. The van der Waals surface area contributed by atoms with E-state index in [1.54, 1.807) is 6.08 Å². The lowest BCUT2D eigenvalue weighted by molar-refractivity contribution is -0.186. The van der Waals surface area contributed by atoms with Crippen LogP contribution in [0.2, 0.25) is 0 Å². The highest BCUT2D eigenvalue weighted by molar-refractivity contribution is 5.94. The van der Waals surface area contributed by atoms with E-state index in [-0.39, 0.29) is 41.8 Å². The third-order valence-corrected chi connectivity index (χ3v) is 9.13. The molecule has 0 aromatic heterocycles. The van der Waals surface area contributed by atoms with Crippen molar-refractivity contribution in [3.63, 3.8) is 0 Å². The molecule has 7 heteroatoms. The van der Waals surface area contributed by atoms with Crippen LogP contribution < -0.4 is 0 Å². The van der Waals surface area contributed by atoms with Gasteiger partial charge in [-0.2, -0.15) is 0 Å². The van der Waals surface area contributed by atoms with Gasteiger partial charge in [0.25, 0.3) is 0 Å². The van der Waals surface area contributed by atoms with Gasteiger partial charge in [-0.25, -0.2) is 0 Å². The molecule has 4 N–H and O–H groups in total. The zero-order valence-corrected chi connectivity index (χ0v) is 17.6. The van der Waals surface area contributed by atoms with E-state index in [0.717, 1.165) is 18.4 Å². The predicted octanol–water partition coefficient (Wildman–Crippen LogP) is 1.62. The summed E-state index contributed by atoms with van der Waals surface area (Å²) in [5.74, 6) is -1.93. The molecule has 8 atom stereocenters. The highest BCUT2D eigenvalue weighted by atomic mass is 16.4. The van der Waals surface area contributed by atoms with Crippen molar-refractivity contribution in [2.75, 3.05) is 0 Å². The van der Waals surface area contributed by atoms with Crippen molar-refractivity contribution >= 4 is 17.5 Å². The molecule has 3 fully saturated rings. The molecular formula is C23H32O7. The lowest BCUT2D eigenvalue weighted by Crippen LogP contribution is -2.63. The molecule has 4 aliphatic rings. The van der Waals surface area contributed by atoms with Crippen molar-refractivity contribution in [1.29, 1.82) is 0 Å². The van der Waals surface area contributed by atoms with Crippen molar-refractivity contribution in [1.82, 2.24) is 0 Å². The second-order valence-electron chi connectivity index (χ2n) is 10.5. The van der Waals surface area contributed by atoms with Crippen molar-refractivity contribution < 1.29 is 34.8 Å². The van der Waals surface area contributed by atoms with Crippen LogP contribution in [-0.4, -0.2) is 55.8 Å². The molecule has 1 unspecified atom stereocenters. The fraction of sp³-hybridized carbons (Fsp3) is 0.783. The summed E-state index contributed by atoms with van der Waals surface area (Å²) in [6, 6.07) is 0. The Bertz CT molecular complexity index is 818. The van der Waals surface area contributed by atoms with Gasteiger partial charge in [0.1, 0.15) is 11.7 Å². The van der Waals surface area contributed by atoms with Crippen LogP contribution in [0.5, 0.6) is 0 Å². The third-order valence-electron chi connectivity index (χ3n) is 9.13. The zero-order chi connectivity index (χ0) is 22.1. The Morgan fingerprint density at radius 2 is 1.90 bits per heavy atom. The number of aliphatic carboxylic acids is 1. The molecule has 7 nitrogen and oxygen atoms in total. The molecule has 4 rings (SSSR count). The fourth-order valence-electron chi connectivity index (χ4n) is 7.63. The second kappa shape index (κ2) is 6.97. The van der Waals surface area contributed by atoms with Gasteiger partial charge in [-0.15, -0.1) is 0 Å². The summed E-state index contributed by atoms with van der Waals surface area (Å²) in [5, 5.41) is 41.9. The van der Waals surface area contributed by atoms with Gasteiger partial charge in [-0.1, -0.05) is 19.4 Å². The highest BCUT2D eigenvalue weighted by Crippen LogP contribution is 2.67. The molecule has 3 saturated carbocycles. The Labute approximate surface area is 176 Å². The van der Waals surface area contributed by atoms with Gasteiger partial charge < -0.3 is 20.4 Å². The van der Waals surface area contributed by atoms with E-state index in [9.17, 15) is 29.7 Å². The van der Waals surface area contributed by atoms with Gasteiger partial charge in [0, 0.05) is 11.8 Å². The van der Waals surface area contributed by atoms with Gasteiger partial charge in [0.2, 0.25) is 0 Å². The number of carboxylic acid groups (broad SMARTS) is 1. The number of carboxylic acids is 1. The quantitative estimate of drug-likeness (QED) is 0.543. The van der Waals surface area contributed by atoms with Crippen LogP contribution in [0.25, 0.3) is 0 Å². The summed E-state index contributed by atoms with van der Waals surface area (Å²) < 4.78 is 0. The van der Waals surface area contributed by atoms with Crippen LogP contribution in [0, 0.1) is 28.6 Å². The first-order valence-electron chi connectivity index (χ1n) is 11.0. The number of hydrogen-bond donors (Lipinski definition) is 4. The molecule has 0 aromatic carbocycles. The average Bonchev–Trinajstić information content (AvgIpc) is 2.92. The first kappa shape index (κ1) is 21.7. The minimum absolute atomic E-state index is 0.00659. The summed E-state index contributed by atoms with van der Waals surface area (Å²) in [4.78, 5) is 35.9. The van der Waals surface area contributed by atoms with Gasteiger partial charge in [0.15, 0.2) is 11.6 Å². The number of Topliss-reactive ketones (excluding diaryl/α,β-unsaturated/α-hetero) is 1. The maximum atomic E-state index is 13.0. The van der Waals surface area contributed by atoms with E-state index in [1.165, 1.54) is 0 Å². The Kier molecular flexibility index (Phi) is 5.03. The molecule has 30 heavy (non-hydrogen) atoms. The molecule has 0 heterocycles. The normalized spacial score (nSPS) is 46.3. The summed E-state index contributed by atoms with van der Waals surface area (Å²) >= 11 is 0. The minimum atomic E-state index is -1.85. The van der Waals surface area contributed by atoms with Crippen molar-refractivity contribution in [2.24, 2.45) is 28.6 Å². The van der Waals surface area contributed by atoms with Crippen LogP contribution >= 0.6 is 0 Å². The Morgan fingerprint density at radius 3 is 2.57 bits per heavy atom. The van der Waals surface area contributed by atoms with Crippen molar-refractivity contribution in [2.45, 2.75) is 83.0 Å². The van der Waals surface area contributed by atoms with Crippen LogP contribution in [0.15, 0.2) is 11.6 Å². The highest BCUT2D eigenvalue weighted by Gasteiger charge is 2.68. The van der Waals surface area contributed by atoms with Crippen LogP contribution in [0.4, 0.5) is 0 Å². The number of carbonyl (C=O) groups is 3. The third kappa shape index (κ3) is 2.85. The van der Waals surface area contributed by atoms with Crippen molar-refractivity contribution in [3.8, 4) is 0 Å². The maximum absolute atomic E-state index is 13.0. The number of ketones is 2. The van der Waals surface area contributed by atoms with Crippen LogP contribution in [0.3, 0.4) is 0 Å². The Morgan fingerprint density at radius 1 is 1.20 bits per heavy atom. The van der Waals surface area contributed by atoms with Gasteiger partial charge >= 0.3 is 5.97 Å². The van der Waals surface area contributed by atoms with E-state index in [4.69, 9.17) is 5.11 Å². The first-order chi connectivity index (χ1) is 13.9. The average molecular weight is 421 g/mol. The minimum Gasteiger partial charge on any atom is -0.481 e. The molecule has 0 aromatic rings. The first-order valence-corrected chi connectivity index (χ1v) is 11.0. The van der Waals surface area contributed by atoms with E-state index in [0.29, 0.717) is 19.3 Å². The molecule has 166 valence electrons. The smallest absolute Gasteiger partial charge is 0.306 e. The number of carbonyl (C=O) groups excluding carboxylic acids is 2. The summed E-state index contributed by atoms with van der Waals surface area (Å²) in [7, 11) is 0. The number of allylic oxidation sites excluding steroid dienone is 1. The Hall–Kier alpha value is -1.57. The van der Waals surface area contributed by atoms with Crippen LogP contribution in [-0.2, 0) is 14.4 Å². The predicted molar refractivity (Wildman–Crippen MR) is 106 cm³/mol. The SMILES string of the molecule is C[C@]12CCC(=O)C=C1CC[C@@H]1[C@@H]2[C@@H](O)C[C@@]2(C)[C@H]1CC[C@]2(O)C(=O)C(O)CC(=O)O. The number of rotatable bonds is 4. The molecule has 0 aliphatic heterocycles. The van der Waals surface area contributed by atoms with Gasteiger partial charge in [-0.3, -0.25) is 14.4 Å². The molecule has 0 spiro atoms. The lowest BCUT2D eigenvalue weighted by Gasteiger charge is -2.60. The van der Waals surface area contributed by atoms with E-state index in [1.807, 2.05) is 6.92 Å². The molecule has 0 amide bonds. The van der Waals surface area contributed by atoms with Crippen LogP contribution in [0.1, 0.15) is 65.2 Å². The standard InChI is InChI=1S/C23H32O7/c1-21-7-5-13(24)9-12(21)3-4-14-15-6-8-23(30,20(29)16(25)10-18(27)28)22(15,2)11-17(26)19(14)21/h9,14-17,19,25-26,30H,3-8,10-11H2,1-2H3,(H,27,28)/t14-,15-,16?,17-,19+,21-,22-,23-/m0/s1. The molecule has 0 bridgehead atoms. The summed E-state index contributed by atoms with van der Waals surface area (Å²) in [5.41, 5.74) is -1.92. The second-order valence-corrected chi connectivity index (χ2v) is 10.5. The fourth-order valence-corrected chi connectivity index (χ4v) is 7.63. The number of aliphatic hydroxyl groups is 3. The lowest BCUT2D eigenvalue weighted by atomic mass is 9.45. The molecule has 0 radical (unpaired) electrons. The Balaban J connectivity index is 1.67. The van der Waals surface area contributed by atoms with E-state index in [2.05, 4.69) is 6.92 Å². The topological polar surface area (TPSA) is 132 Å². The monoisotopic (exact) mass is 420 g/mol. The van der Waals surface area contributed by atoms with Gasteiger partial charge in [-0.05, 0) is 67.8 Å². The summed E-state index contributed by atoms with van der Waals surface area (Å²) in [6.45, 7) is 3.95. The largest absolute Gasteiger partial charge is 0.481 e. The molecular weight excluding hydrogens is 388 g/mol.